The molecule has 0 aliphatic carbocycles. The van der Waals surface area contributed by atoms with Crippen LogP contribution in [0.5, 0.6) is 17.2 Å². The molecule has 1 atom stereocenters. The summed E-state index contributed by atoms with van der Waals surface area (Å²) < 4.78 is 15.5. The predicted octanol–water partition coefficient (Wildman–Crippen LogP) is 2.14. The number of ketones is 2. The second-order valence-electron chi connectivity index (χ2n) is 4.91. The van der Waals surface area contributed by atoms with Crippen LogP contribution >= 0.6 is 0 Å². The van der Waals surface area contributed by atoms with Crippen molar-refractivity contribution in [2.45, 2.75) is 6.10 Å². The van der Waals surface area contributed by atoms with Crippen LogP contribution < -0.4 is 14.2 Å². The highest BCUT2D eigenvalue weighted by Gasteiger charge is 2.28. The maximum atomic E-state index is 12.5. The van der Waals surface area contributed by atoms with E-state index in [4.69, 9.17) is 14.2 Å². The van der Waals surface area contributed by atoms with Gasteiger partial charge in [-0.1, -0.05) is 30.3 Å². The molecule has 24 heavy (non-hydrogen) atoms. The molecule has 0 fully saturated rings. The number of carbonyl (C=O) groups excluding carboxylic acids is 2. The van der Waals surface area contributed by atoms with Crippen LogP contribution in [0.2, 0.25) is 0 Å². The maximum Gasteiger partial charge on any atom is 0.203 e. The Bertz CT molecular complexity index is 713. The first kappa shape index (κ1) is 17.5. The van der Waals surface area contributed by atoms with E-state index < -0.39 is 17.7 Å². The van der Waals surface area contributed by atoms with Gasteiger partial charge >= 0.3 is 0 Å². The molecule has 0 aromatic heterocycles. The lowest BCUT2D eigenvalue weighted by Crippen LogP contribution is -2.30. The lowest BCUT2D eigenvalue weighted by atomic mass is 9.98. The summed E-state index contributed by atoms with van der Waals surface area (Å²) >= 11 is 0. The molecule has 0 bridgehead atoms. The van der Waals surface area contributed by atoms with Crippen LogP contribution in [0, 0.1) is 0 Å². The third-order valence-corrected chi connectivity index (χ3v) is 3.50. The summed E-state index contributed by atoms with van der Waals surface area (Å²) in [6, 6.07) is 10.9. The normalized spacial score (nSPS) is 11.5. The zero-order valence-electron chi connectivity index (χ0n) is 13.6. The Morgan fingerprint density at radius 2 is 1.33 bits per heavy atom. The zero-order valence-corrected chi connectivity index (χ0v) is 13.6. The smallest absolute Gasteiger partial charge is 0.203 e. The number of benzene rings is 2. The summed E-state index contributed by atoms with van der Waals surface area (Å²) in [5, 5.41) is 10.1. The first-order valence-electron chi connectivity index (χ1n) is 7.15. The minimum Gasteiger partial charge on any atom is -0.493 e. The lowest BCUT2D eigenvalue weighted by Gasteiger charge is -2.15. The van der Waals surface area contributed by atoms with E-state index in [9.17, 15) is 14.7 Å². The molecule has 0 aliphatic rings. The molecule has 2 aromatic carbocycles. The molecular weight excluding hydrogens is 312 g/mol. The highest BCUT2D eigenvalue weighted by Crippen LogP contribution is 2.38. The number of ether oxygens (including phenoxy) is 3. The minimum atomic E-state index is -1.81. The van der Waals surface area contributed by atoms with E-state index in [0.29, 0.717) is 5.75 Å². The monoisotopic (exact) mass is 330 g/mol. The van der Waals surface area contributed by atoms with Gasteiger partial charge in [0, 0.05) is 11.1 Å². The first-order valence-corrected chi connectivity index (χ1v) is 7.15. The fourth-order valence-corrected chi connectivity index (χ4v) is 2.26. The van der Waals surface area contributed by atoms with Crippen molar-refractivity contribution >= 4 is 11.6 Å². The van der Waals surface area contributed by atoms with Gasteiger partial charge < -0.3 is 19.3 Å². The van der Waals surface area contributed by atoms with Gasteiger partial charge in [0.2, 0.25) is 5.75 Å². The van der Waals surface area contributed by atoms with Crippen molar-refractivity contribution in [2.75, 3.05) is 21.3 Å². The van der Waals surface area contributed by atoms with E-state index in [-0.39, 0.29) is 22.6 Å². The molecule has 6 heteroatoms. The van der Waals surface area contributed by atoms with Gasteiger partial charge in [-0.2, -0.15) is 0 Å². The molecule has 6 nitrogen and oxygen atoms in total. The van der Waals surface area contributed by atoms with Gasteiger partial charge in [-0.25, -0.2) is 0 Å². The summed E-state index contributed by atoms with van der Waals surface area (Å²) in [6.07, 6.45) is -1.81. The van der Waals surface area contributed by atoms with Crippen LogP contribution in [-0.2, 0) is 0 Å². The number of aliphatic hydroxyl groups excluding tert-OH is 1. The van der Waals surface area contributed by atoms with Crippen molar-refractivity contribution in [3.8, 4) is 17.2 Å². The second kappa shape index (κ2) is 7.61. The van der Waals surface area contributed by atoms with Gasteiger partial charge in [0.15, 0.2) is 29.2 Å². The Labute approximate surface area is 139 Å². The van der Waals surface area contributed by atoms with E-state index in [1.807, 2.05) is 0 Å². The first-order chi connectivity index (χ1) is 11.5. The van der Waals surface area contributed by atoms with Crippen LogP contribution in [0.1, 0.15) is 20.7 Å². The lowest BCUT2D eigenvalue weighted by molar-refractivity contribution is 0.0627. The minimum absolute atomic E-state index is 0.0845. The van der Waals surface area contributed by atoms with E-state index >= 15 is 0 Å². The fourth-order valence-electron chi connectivity index (χ4n) is 2.26. The van der Waals surface area contributed by atoms with Gasteiger partial charge in [0.05, 0.1) is 21.3 Å². The molecule has 0 heterocycles. The summed E-state index contributed by atoms with van der Waals surface area (Å²) in [5.41, 5.74) is 0.340. The van der Waals surface area contributed by atoms with Crippen molar-refractivity contribution < 1.29 is 28.9 Å². The van der Waals surface area contributed by atoms with Crippen LogP contribution in [0.4, 0.5) is 0 Å². The molecule has 0 saturated heterocycles. The molecule has 0 spiro atoms. The van der Waals surface area contributed by atoms with Gasteiger partial charge in [-0.3, -0.25) is 9.59 Å². The third-order valence-electron chi connectivity index (χ3n) is 3.50. The van der Waals surface area contributed by atoms with Gasteiger partial charge in [-0.05, 0) is 12.1 Å². The highest BCUT2D eigenvalue weighted by atomic mass is 16.5. The van der Waals surface area contributed by atoms with Crippen molar-refractivity contribution in [1.29, 1.82) is 0 Å². The van der Waals surface area contributed by atoms with Crippen molar-refractivity contribution in [1.82, 2.24) is 0 Å². The number of Topliss-reactive ketones (excluding diaryl/α,β-unsaturated/α-hetero) is 2. The summed E-state index contributed by atoms with van der Waals surface area (Å²) in [6.45, 7) is 0. The summed E-state index contributed by atoms with van der Waals surface area (Å²) in [7, 11) is 4.27. The van der Waals surface area contributed by atoms with Crippen LogP contribution in [-0.4, -0.2) is 44.1 Å². The van der Waals surface area contributed by atoms with Crippen LogP contribution in [0.3, 0.4) is 0 Å². The van der Waals surface area contributed by atoms with Gasteiger partial charge in [0.1, 0.15) is 0 Å². The molecule has 1 N–H and O–H groups in total. The van der Waals surface area contributed by atoms with E-state index in [1.165, 1.54) is 45.6 Å². The largest absolute Gasteiger partial charge is 0.493 e. The molecule has 0 saturated carbocycles. The van der Waals surface area contributed by atoms with Crippen LogP contribution in [0.15, 0.2) is 42.5 Å². The Hall–Kier alpha value is -2.86. The van der Waals surface area contributed by atoms with Crippen molar-refractivity contribution in [3.63, 3.8) is 0 Å². The number of carbonyl (C=O) groups is 2. The molecule has 0 amide bonds. The summed E-state index contributed by atoms with van der Waals surface area (Å²) in [4.78, 5) is 24.7. The molecule has 2 aromatic rings. The average molecular weight is 330 g/mol. The quantitative estimate of drug-likeness (QED) is 0.619. The Balaban J connectivity index is 2.37. The van der Waals surface area contributed by atoms with E-state index in [0.717, 1.165) is 0 Å². The summed E-state index contributed by atoms with van der Waals surface area (Å²) in [5.74, 6) is -0.572. The SMILES string of the molecule is COc1cc(C(=O)C(O)C(=O)c2ccccc2)cc(OC)c1OC. The molecule has 0 radical (unpaired) electrons. The molecule has 126 valence electrons. The number of rotatable bonds is 7. The van der Waals surface area contributed by atoms with E-state index in [2.05, 4.69) is 0 Å². The Morgan fingerprint density at radius 1 is 0.833 bits per heavy atom. The number of methoxy groups -OCH3 is 3. The predicted molar refractivity (Wildman–Crippen MR) is 87.2 cm³/mol. The van der Waals surface area contributed by atoms with Crippen molar-refractivity contribution in [3.05, 3.63) is 53.6 Å². The van der Waals surface area contributed by atoms with Crippen LogP contribution in [0.25, 0.3) is 0 Å². The highest BCUT2D eigenvalue weighted by molar-refractivity contribution is 6.18. The molecule has 1 unspecified atom stereocenters. The topological polar surface area (TPSA) is 82.1 Å². The average Bonchev–Trinajstić information content (AvgIpc) is 2.65. The molecule has 0 aliphatic heterocycles. The Kier molecular flexibility index (Phi) is 5.55. The van der Waals surface area contributed by atoms with Crippen molar-refractivity contribution in [2.24, 2.45) is 0 Å². The fraction of sp³-hybridized carbons (Fsp3) is 0.222. The zero-order chi connectivity index (χ0) is 17.7. The van der Waals surface area contributed by atoms with Gasteiger partial charge in [0.25, 0.3) is 0 Å². The van der Waals surface area contributed by atoms with E-state index in [1.54, 1.807) is 18.2 Å². The van der Waals surface area contributed by atoms with Gasteiger partial charge in [-0.15, -0.1) is 0 Å². The number of hydrogen-bond donors (Lipinski definition) is 1. The number of aliphatic hydroxyl groups is 1. The number of hydrogen-bond acceptors (Lipinski definition) is 6. The molecular formula is C18H18O6. The molecule has 2 rings (SSSR count). The second-order valence-corrected chi connectivity index (χ2v) is 4.91. The maximum absolute atomic E-state index is 12.5. The Morgan fingerprint density at radius 3 is 1.79 bits per heavy atom. The standard InChI is InChI=1S/C18H18O6/c1-22-13-9-12(10-14(23-2)18(13)24-3)16(20)17(21)15(19)11-7-5-4-6-8-11/h4-10,17,21H,1-3H3. The third kappa shape index (κ3) is 3.38.